The summed E-state index contributed by atoms with van der Waals surface area (Å²) in [5, 5.41) is 3.37. The van der Waals surface area contributed by atoms with Gasteiger partial charge in [-0.25, -0.2) is 4.98 Å². The van der Waals surface area contributed by atoms with Crippen molar-refractivity contribution in [1.82, 2.24) is 4.98 Å². The van der Waals surface area contributed by atoms with Crippen molar-refractivity contribution in [3.8, 4) is 0 Å². The van der Waals surface area contributed by atoms with Crippen LogP contribution in [-0.2, 0) is 4.79 Å². The van der Waals surface area contributed by atoms with Crippen molar-refractivity contribution in [2.75, 3.05) is 16.8 Å². The third-order valence-corrected chi connectivity index (χ3v) is 5.11. The lowest BCUT2D eigenvalue weighted by atomic mass is 10.3. The van der Waals surface area contributed by atoms with Crippen molar-refractivity contribution in [2.45, 2.75) is 11.1 Å². The van der Waals surface area contributed by atoms with Gasteiger partial charge in [0.2, 0.25) is 5.91 Å². The highest BCUT2D eigenvalue weighted by molar-refractivity contribution is 9.10. The summed E-state index contributed by atoms with van der Waals surface area (Å²) in [6, 6.07) is 7.47. The van der Waals surface area contributed by atoms with Gasteiger partial charge in [-0.1, -0.05) is 27.3 Å². The van der Waals surface area contributed by atoms with Crippen LogP contribution in [0.5, 0.6) is 0 Å². The molecule has 1 amide bonds. The highest BCUT2D eigenvalue weighted by Crippen LogP contribution is 2.30. The number of rotatable bonds is 4. The molecule has 7 heteroatoms. The monoisotopic (exact) mass is 357 g/mol. The number of benzene rings is 1. The molecule has 0 spiro atoms. The van der Waals surface area contributed by atoms with E-state index in [0.29, 0.717) is 10.9 Å². The number of aryl methyl sites for hydroxylation is 1. The van der Waals surface area contributed by atoms with Crippen LogP contribution in [-0.4, -0.2) is 16.6 Å². The minimum atomic E-state index is -0.0429. The third kappa shape index (κ3) is 4.22. The summed E-state index contributed by atoms with van der Waals surface area (Å²) in [5.41, 5.74) is 7.28. The molecule has 2 aromatic rings. The van der Waals surface area contributed by atoms with Crippen LogP contribution in [0.4, 0.5) is 10.8 Å². The summed E-state index contributed by atoms with van der Waals surface area (Å²) < 4.78 is 1.97. The first-order valence-corrected chi connectivity index (χ1v) is 8.05. The highest BCUT2D eigenvalue weighted by Gasteiger charge is 2.09. The molecule has 19 heavy (non-hydrogen) atoms. The number of nitrogens with two attached hydrogens (primary N) is 1. The first kappa shape index (κ1) is 14.4. The Morgan fingerprint density at radius 1 is 1.47 bits per heavy atom. The number of carbonyl (C=O) groups excluding carboxylic acids is 1. The number of nitrogens with one attached hydrogen (secondary N) is 1. The Hall–Kier alpha value is -1.05. The first-order valence-electron chi connectivity index (χ1n) is 5.45. The van der Waals surface area contributed by atoms with Gasteiger partial charge in [0.05, 0.1) is 15.7 Å². The van der Waals surface area contributed by atoms with E-state index < -0.39 is 0 Å². The minimum absolute atomic E-state index is 0.0429. The summed E-state index contributed by atoms with van der Waals surface area (Å²) in [6.07, 6.45) is 0. The second kappa shape index (κ2) is 6.40. The van der Waals surface area contributed by atoms with E-state index >= 15 is 0 Å². The zero-order valence-corrected chi connectivity index (χ0v) is 13.4. The minimum Gasteiger partial charge on any atom is -0.375 e. The van der Waals surface area contributed by atoms with Crippen LogP contribution in [0, 0.1) is 6.92 Å². The number of hydrogen-bond donors (Lipinski definition) is 2. The van der Waals surface area contributed by atoms with Gasteiger partial charge in [-0.3, -0.25) is 4.79 Å². The van der Waals surface area contributed by atoms with Crippen LogP contribution in [0.3, 0.4) is 0 Å². The van der Waals surface area contributed by atoms with Gasteiger partial charge >= 0.3 is 0 Å². The average Bonchev–Trinajstić information content (AvgIpc) is 2.68. The Morgan fingerprint density at radius 3 is 2.74 bits per heavy atom. The lowest BCUT2D eigenvalue weighted by Gasteiger charge is -2.04. The molecular weight excluding hydrogens is 346 g/mol. The molecule has 0 fully saturated rings. The Balaban J connectivity index is 1.88. The topological polar surface area (TPSA) is 68.0 Å². The third-order valence-electron chi connectivity index (χ3n) is 2.23. The average molecular weight is 358 g/mol. The molecule has 1 heterocycles. The van der Waals surface area contributed by atoms with Gasteiger partial charge in [0, 0.05) is 10.2 Å². The van der Waals surface area contributed by atoms with E-state index in [0.717, 1.165) is 20.1 Å². The molecule has 3 N–H and O–H groups in total. The Morgan fingerprint density at radius 2 is 2.16 bits per heavy atom. The van der Waals surface area contributed by atoms with E-state index in [1.165, 1.54) is 23.1 Å². The number of nitrogens with zero attached hydrogens (tertiary/aromatic N) is 1. The second-order valence-electron chi connectivity index (χ2n) is 3.77. The number of thioether (sulfide) groups is 1. The van der Waals surface area contributed by atoms with Crippen LogP contribution in [0.2, 0.25) is 0 Å². The predicted molar refractivity (Wildman–Crippen MR) is 84.8 cm³/mol. The number of aromatic nitrogens is 1. The van der Waals surface area contributed by atoms with E-state index in [4.69, 9.17) is 5.73 Å². The first-order chi connectivity index (χ1) is 9.04. The Labute approximate surface area is 127 Å². The molecule has 0 saturated carbocycles. The Bertz CT molecular complexity index is 583. The summed E-state index contributed by atoms with van der Waals surface area (Å²) in [5.74, 6) is 0.303. The van der Waals surface area contributed by atoms with Crippen molar-refractivity contribution < 1.29 is 4.79 Å². The lowest BCUT2D eigenvalue weighted by molar-refractivity contribution is -0.113. The van der Waals surface area contributed by atoms with E-state index in [1.54, 1.807) is 0 Å². The van der Waals surface area contributed by atoms with Crippen molar-refractivity contribution in [2.24, 2.45) is 0 Å². The van der Waals surface area contributed by atoms with Gasteiger partial charge in [0.15, 0.2) is 5.13 Å². The summed E-state index contributed by atoms with van der Waals surface area (Å²) in [6.45, 7) is 1.89. The molecule has 0 bridgehead atoms. The van der Waals surface area contributed by atoms with Crippen LogP contribution < -0.4 is 11.1 Å². The standard InChI is InChI=1S/C12H12BrN3OS2/c1-7-11(19-12(14)15-7)18-6-10(17)16-9-4-2-8(13)3-5-9/h2-5H,6H2,1H3,(H2,14,15)(H,16,17). The van der Waals surface area contributed by atoms with Crippen molar-refractivity contribution >= 4 is 55.8 Å². The quantitative estimate of drug-likeness (QED) is 0.821. The fourth-order valence-electron chi connectivity index (χ4n) is 1.40. The normalized spacial score (nSPS) is 10.4. The molecule has 0 radical (unpaired) electrons. The smallest absolute Gasteiger partial charge is 0.234 e. The van der Waals surface area contributed by atoms with Crippen molar-refractivity contribution in [1.29, 1.82) is 0 Å². The van der Waals surface area contributed by atoms with Crippen molar-refractivity contribution in [3.05, 3.63) is 34.4 Å². The number of carbonyl (C=O) groups is 1. The van der Waals surface area contributed by atoms with Crippen LogP contribution in [0.15, 0.2) is 32.9 Å². The maximum atomic E-state index is 11.8. The number of nitrogen functional groups attached to an aromatic ring is 1. The number of hydrogen-bond acceptors (Lipinski definition) is 5. The molecule has 0 aliphatic rings. The largest absolute Gasteiger partial charge is 0.375 e. The summed E-state index contributed by atoms with van der Waals surface area (Å²) in [4.78, 5) is 15.9. The number of thiazole rings is 1. The van der Waals surface area contributed by atoms with Crippen LogP contribution >= 0.6 is 39.0 Å². The van der Waals surface area contributed by atoms with E-state index in [1.807, 2.05) is 31.2 Å². The zero-order chi connectivity index (χ0) is 13.8. The van der Waals surface area contributed by atoms with Crippen LogP contribution in [0.1, 0.15) is 5.69 Å². The molecule has 0 atom stereocenters. The van der Waals surface area contributed by atoms with E-state index in [2.05, 4.69) is 26.2 Å². The SMILES string of the molecule is Cc1nc(N)sc1SCC(=O)Nc1ccc(Br)cc1. The van der Waals surface area contributed by atoms with Gasteiger partial charge in [0.1, 0.15) is 0 Å². The summed E-state index contributed by atoms with van der Waals surface area (Å²) in [7, 11) is 0. The zero-order valence-electron chi connectivity index (χ0n) is 10.1. The fraction of sp³-hybridized carbons (Fsp3) is 0.167. The maximum Gasteiger partial charge on any atom is 0.234 e. The van der Waals surface area contributed by atoms with Crippen LogP contribution in [0.25, 0.3) is 0 Å². The number of anilines is 2. The van der Waals surface area contributed by atoms with Crippen molar-refractivity contribution in [3.63, 3.8) is 0 Å². The lowest BCUT2D eigenvalue weighted by Crippen LogP contribution is -2.13. The molecule has 0 saturated heterocycles. The van der Waals surface area contributed by atoms with E-state index in [9.17, 15) is 4.79 Å². The molecule has 100 valence electrons. The Kier molecular flexibility index (Phi) is 4.84. The van der Waals surface area contributed by atoms with Gasteiger partial charge in [0.25, 0.3) is 0 Å². The molecule has 0 aliphatic carbocycles. The predicted octanol–water partition coefficient (Wildman–Crippen LogP) is 3.53. The molecule has 2 rings (SSSR count). The molecule has 0 aliphatic heterocycles. The van der Waals surface area contributed by atoms with Gasteiger partial charge in [-0.05, 0) is 31.2 Å². The number of amides is 1. The molecule has 1 aromatic heterocycles. The molecule has 1 aromatic carbocycles. The van der Waals surface area contributed by atoms with E-state index in [-0.39, 0.29) is 5.91 Å². The fourth-order valence-corrected chi connectivity index (χ4v) is 3.49. The highest BCUT2D eigenvalue weighted by atomic mass is 79.9. The molecule has 4 nitrogen and oxygen atoms in total. The van der Waals surface area contributed by atoms with Gasteiger partial charge in [-0.15, -0.1) is 11.8 Å². The van der Waals surface area contributed by atoms with Gasteiger partial charge in [-0.2, -0.15) is 0 Å². The summed E-state index contributed by atoms with van der Waals surface area (Å²) >= 11 is 6.21. The maximum absolute atomic E-state index is 11.8. The molecular formula is C12H12BrN3OS2. The molecule has 0 unspecified atom stereocenters. The second-order valence-corrected chi connectivity index (χ2v) is 6.96. The number of halogens is 1. The van der Waals surface area contributed by atoms with Gasteiger partial charge < -0.3 is 11.1 Å².